The van der Waals surface area contributed by atoms with Crippen LogP contribution in [0.1, 0.15) is 24.3 Å². The van der Waals surface area contributed by atoms with Gasteiger partial charge in [-0.05, 0) is 55.8 Å². The van der Waals surface area contributed by atoms with E-state index < -0.39 is 0 Å². The van der Waals surface area contributed by atoms with Crippen LogP contribution < -0.4 is 11.1 Å². The quantitative estimate of drug-likeness (QED) is 0.442. The molecule has 2 aliphatic heterocycles. The zero-order chi connectivity index (χ0) is 21.5. The van der Waals surface area contributed by atoms with Crippen molar-refractivity contribution in [3.63, 3.8) is 0 Å². The topological polar surface area (TPSA) is 95.2 Å². The molecule has 0 radical (unpaired) electrons. The lowest BCUT2D eigenvalue weighted by Gasteiger charge is -2.30. The second-order valence-corrected chi connectivity index (χ2v) is 9.43. The third-order valence-electron chi connectivity index (χ3n) is 6.41. The van der Waals surface area contributed by atoms with E-state index in [4.69, 9.17) is 15.8 Å². The van der Waals surface area contributed by atoms with Crippen LogP contribution in [0.3, 0.4) is 0 Å². The molecule has 7 nitrogen and oxygen atoms in total. The number of hydrogen-bond acceptors (Lipinski definition) is 7. The van der Waals surface area contributed by atoms with Gasteiger partial charge in [-0.1, -0.05) is 12.1 Å². The molecule has 0 amide bonds. The highest BCUT2D eigenvalue weighted by atomic mass is 32.1. The summed E-state index contributed by atoms with van der Waals surface area (Å²) >= 11 is 1.66. The number of aromatic amines is 1. The molecule has 2 aliphatic rings. The minimum absolute atomic E-state index is 0.223. The molecule has 1 saturated heterocycles. The molecule has 0 saturated carbocycles. The second-order valence-electron chi connectivity index (χ2n) is 8.43. The Hall–Kier alpha value is -3.23. The van der Waals surface area contributed by atoms with Crippen molar-refractivity contribution in [2.45, 2.75) is 24.8 Å². The summed E-state index contributed by atoms with van der Waals surface area (Å²) in [6.45, 7) is 3.03. The third kappa shape index (κ3) is 3.45. The van der Waals surface area contributed by atoms with Crippen LogP contribution in [-0.2, 0) is 0 Å². The molecule has 4 N–H and O–H groups in total. The molecule has 6 rings (SSSR count). The lowest BCUT2D eigenvalue weighted by atomic mass is 9.99. The summed E-state index contributed by atoms with van der Waals surface area (Å²) in [5.74, 6) is 0.736. The van der Waals surface area contributed by atoms with E-state index in [0.29, 0.717) is 11.9 Å². The summed E-state index contributed by atoms with van der Waals surface area (Å²) in [5, 5.41) is 11.3. The lowest BCUT2D eigenvalue weighted by molar-refractivity contribution is 0.181. The smallest absolute Gasteiger partial charge is 0.133 e. The number of nitrogens with zero attached hydrogens (tertiary/aromatic N) is 4. The number of thiazole rings is 1. The minimum atomic E-state index is 0.223. The van der Waals surface area contributed by atoms with Gasteiger partial charge in [-0.2, -0.15) is 5.10 Å². The van der Waals surface area contributed by atoms with Crippen molar-refractivity contribution < 1.29 is 0 Å². The first-order valence-corrected chi connectivity index (χ1v) is 11.9. The van der Waals surface area contributed by atoms with Crippen molar-refractivity contribution in [2.75, 3.05) is 25.4 Å². The second kappa shape index (κ2) is 8.03. The standard InChI is InChI=1S/C24H25N7S/c25-23-19(24-30-21-4-1-3-18(22(21)32-24)20-5-2-8-27-20)11-15(12-28-23)16-13-29-31(14-16)17-6-9-26-10-7-17/h1-5,8,11-13,16-17,26-27H,6-7,9-10,14H2,(H2,25,28). The molecule has 1 unspecified atom stereocenters. The van der Waals surface area contributed by atoms with Crippen LogP contribution >= 0.6 is 11.3 Å². The van der Waals surface area contributed by atoms with Crippen LogP contribution in [-0.4, -0.2) is 51.9 Å². The molecular weight excluding hydrogens is 418 g/mol. The predicted octanol–water partition coefficient (Wildman–Crippen LogP) is 4.07. The maximum Gasteiger partial charge on any atom is 0.133 e. The summed E-state index contributed by atoms with van der Waals surface area (Å²) in [7, 11) is 0. The van der Waals surface area contributed by atoms with E-state index in [2.05, 4.69) is 50.8 Å². The van der Waals surface area contributed by atoms with Gasteiger partial charge in [-0.25, -0.2) is 9.97 Å². The lowest BCUT2D eigenvalue weighted by Crippen LogP contribution is -2.40. The van der Waals surface area contributed by atoms with Crippen LogP contribution in [0.4, 0.5) is 5.82 Å². The Bertz CT molecular complexity index is 1270. The van der Waals surface area contributed by atoms with Crippen LogP contribution in [0, 0.1) is 0 Å². The molecular formula is C24H25N7S. The molecule has 1 aromatic carbocycles. The van der Waals surface area contributed by atoms with Crippen molar-refractivity contribution in [3.8, 4) is 21.8 Å². The highest BCUT2D eigenvalue weighted by Crippen LogP contribution is 2.38. The monoisotopic (exact) mass is 443 g/mol. The number of rotatable bonds is 4. The van der Waals surface area contributed by atoms with Gasteiger partial charge in [0, 0.05) is 48.4 Å². The number of hydrogen-bond donors (Lipinski definition) is 3. The van der Waals surface area contributed by atoms with Crippen molar-refractivity contribution in [1.82, 2.24) is 25.3 Å². The fourth-order valence-corrected chi connectivity index (χ4v) is 5.76. The fourth-order valence-electron chi connectivity index (χ4n) is 4.64. The maximum atomic E-state index is 6.32. The molecule has 0 bridgehead atoms. The van der Waals surface area contributed by atoms with Crippen LogP contribution in [0.2, 0.25) is 0 Å². The van der Waals surface area contributed by atoms with Crippen LogP contribution in [0.15, 0.2) is 53.9 Å². The molecule has 0 spiro atoms. The molecule has 162 valence electrons. The van der Waals surface area contributed by atoms with Gasteiger partial charge in [0.25, 0.3) is 0 Å². The zero-order valence-electron chi connectivity index (χ0n) is 17.7. The predicted molar refractivity (Wildman–Crippen MR) is 131 cm³/mol. The number of pyridine rings is 1. The number of H-pyrrole nitrogens is 1. The first-order chi connectivity index (χ1) is 15.8. The summed E-state index contributed by atoms with van der Waals surface area (Å²) < 4.78 is 1.15. The van der Waals surface area contributed by atoms with Gasteiger partial charge in [0.1, 0.15) is 10.8 Å². The third-order valence-corrected chi connectivity index (χ3v) is 7.55. The van der Waals surface area contributed by atoms with E-state index in [9.17, 15) is 0 Å². The maximum absolute atomic E-state index is 6.32. The average molecular weight is 444 g/mol. The van der Waals surface area contributed by atoms with Crippen molar-refractivity contribution in [2.24, 2.45) is 5.10 Å². The van der Waals surface area contributed by atoms with Gasteiger partial charge in [0.05, 0.1) is 15.8 Å². The Labute approximate surface area is 190 Å². The van der Waals surface area contributed by atoms with Crippen LogP contribution in [0.5, 0.6) is 0 Å². The number of nitrogens with one attached hydrogen (secondary N) is 2. The molecule has 8 heteroatoms. The van der Waals surface area contributed by atoms with E-state index in [1.165, 1.54) is 0 Å². The number of nitrogen functional groups attached to an aromatic ring is 1. The number of piperidine rings is 1. The first kappa shape index (κ1) is 19.5. The number of hydrazone groups is 1. The highest BCUT2D eigenvalue weighted by molar-refractivity contribution is 7.22. The minimum Gasteiger partial charge on any atom is -0.383 e. The largest absolute Gasteiger partial charge is 0.383 e. The Morgan fingerprint density at radius 2 is 2.00 bits per heavy atom. The number of fused-ring (bicyclic) bond motifs is 1. The van der Waals surface area contributed by atoms with E-state index in [0.717, 1.165) is 70.1 Å². The summed E-state index contributed by atoms with van der Waals surface area (Å²) in [6, 6.07) is 13.0. The van der Waals surface area contributed by atoms with Gasteiger partial charge >= 0.3 is 0 Å². The molecule has 0 aliphatic carbocycles. The van der Waals surface area contributed by atoms with Gasteiger partial charge in [-0.3, -0.25) is 5.01 Å². The molecule has 32 heavy (non-hydrogen) atoms. The molecule has 1 fully saturated rings. The summed E-state index contributed by atoms with van der Waals surface area (Å²) in [5.41, 5.74) is 11.6. The van der Waals surface area contributed by atoms with E-state index in [1.807, 2.05) is 24.5 Å². The average Bonchev–Trinajstić information content (AvgIpc) is 3.60. The van der Waals surface area contributed by atoms with Gasteiger partial charge in [-0.15, -0.1) is 11.3 Å². The fraction of sp³-hybridized carbons (Fsp3) is 0.292. The Kier molecular flexibility index (Phi) is 4.88. The molecule has 5 heterocycles. The Morgan fingerprint density at radius 3 is 2.84 bits per heavy atom. The SMILES string of the molecule is Nc1ncc(C2C=NN(C3CCNCC3)C2)cc1-c1nc2cccc(-c3ccc[nH]3)c2s1. The zero-order valence-corrected chi connectivity index (χ0v) is 18.5. The van der Waals surface area contributed by atoms with Gasteiger partial charge in [0.2, 0.25) is 0 Å². The first-order valence-electron chi connectivity index (χ1n) is 11.1. The summed E-state index contributed by atoms with van der Waals surface area (Å²) in [6.07, 6.45) is 8.17. The molecule has 4 aromatic rings. The van der Waals surface area contributed by atoms with Crippen molar-refractivity contribution >= 4 is 33.6 Å². The molecule has 3 aromatic heterocycles. The van der Waals surface area contributed by atoms with Crippen molar-refractivity contribution in [3.05, 3.63) is 54.4 Å². The van der Waals surface area contributed by atoms with E-state index >= 15 is 0 Å². The van der Waals surface area contributed by atoms with Crippen LogP contribution in [0.25, 0.3) is 32.0 Å². The number of nitrogens with two attached hydrogens (primary N) is 1. The number of anilines is 1. The van der Waals surface area contributed by atoms with E-state index in [-0.39, 0.29) is 5.92 Å². The normalized spacial score (nSPS) is 19.2. The van der Waals surface area contributed by atoms with E-state index in [1.54, 1.807) is 11.3 Å². The highest BCUT2D eigenvalue weighted by Gasteiger charge is 2.27. The molecule has 1 atom stereocenters. The van der Waals surface area contributed by atoms with Crippen molar-refractivity contribution in [1.29, 1.82) is 0 Å². The van der Waals surface area contributed by atoms with Gasteiger partial charge < -0.3 is 16.0 Å². The Balaban J connectivity index is 1.32. The number of benzene rings is 1. The summed E-state index contributed by atoms with van der Waals surface area (Å²) in [4.78, 5) is 12.7. The van der Waals surface area contributed by atoms with Gasteiger partial charge in [0.15, 0.2) is 0 Å². The number of aromatic nitrogens is 3. The Morgan fingerprint density at radius 1 is 1.09 bits per heavy atom.